The highest BCUT2D eigenvalue weighted by molar-refractivity contribution is 6.58. The van der Waals surface area contributed by atoms with Gasteiger partial charge in [0.2, 0.25) is 0 Å². The maximum atomic E-state index is 12.9. The molecule has 1 heterocycles. The van der Waals surface area contributed by atoms with Gasteiger partial charge in [0, 0.05) is 11.8 Å². The fourth-order valence-electron chi connectivity index (χ4n) is 1.47. The van der Waals surface area contributed by atoms with E-state index in [-0.39, 0.29) is 6.61 Å². The minimum Gasteiger partial charge on any atom is -0.489 e. The Balaban J connectivity index is 2.04. The average Bonchev–Trinajstić information content (AvgIpc) is 2.37. The molecule has 6 heteroatoms. The maximum absolute atomic E-state index is 12.9. The van der Waals surface area contributed by atoms with Crippen LogP contribution < -0.4 is 10.2 Å². The molecule has 18 heavy (non-hydrogen) atoms. The van der Waals surface area contributed by atoms with Gasteiger partial charge in [0.1, 0.15) is 18.2 Å². The van der Waals surface area contributed by atoms with Crippen molar-refractivity contribution in [1.82, 2.24) is 4.98 Å². The van der Waals surface area contributed by atoms with Gasteiger partial charge in [-0.25, -0.2) is 4.39 Å². The maximum Gasteiger partial charge on any atom is 0.488 e. The van der Waals surface area contributed by atoms with Crippen LogP contribution in [0.2, 0.25) is 0 Å². The van der Waals surface area contributed by atoms with Gasteiger partial charge in [0.05, 0.1) is 6.20 Å². The first-order valence-electron chi connectivity index (χ1n) is 5.33. The Morgan fingerprint density at radius 3 is 2.78 bits per heavy atom. The molecule has 0 fully saturated rings. The van der Waals surface area contributed by atoms with E-state index in [4.69, 9.17) is 14.8 Å². The van der Waals surface area contributed by atoms with E-state index in [9.17, 15) is 4.39 Å². The molecule has 0 atom stereocenters. The molecule has 0 spiro atoms. The number of hydrogen-bond acceptors (Lipinski definition) is 4. The summed E-state index contributed by atoms with van der Waals surface area (Å²) in [6.07, 6.45) is 2.63. The Bertz CT molecular complexity index is 536. The lowest BCUT2D eigenvalue weighted by atomic mass is 9.80. The van der Waals surface area contributed by atoms with Crippen LogP contribution in [0, 0.1) is 5.82 Å². The van der Waals surface area contributed by atoms with Crippen LogP contribution in [0.4, 0.5) is 4.39 Å². The zero-order valence-corrected chi connectivity index (χ0v) is 9.45. The quantitative estimate of drug-likeness (QED) is 0.771. The normalized spacial score (nSPS) is 10.2. The van der Waals surface area contributed by atoms with Crippen LogP contribution in [0.25, 0.3) is 0 Å². The molecular formula is C12H11BFNO3. The van der Waals surface area contributed by atoms with Crippen molar-refractivity contribution < 1.29 is 19.2 Å². The summed E-state index contributed by atoms with van der Waals surface area (Å²) in [6.45, 7) is 0.162. The molecule has 92 valence electrons. The number of nitrogens with zero attached hydrogens (tertiary/aromatic N) is 1. The van der Waals surface area contributed by atoms with Crippen molar-refractivity contribution in [3.05, 3.63) is 54.1 Å². The molecule has 0 saturated carbocycles. The topological polar surface area (TPSA) is 62.6 Å². The Kier molecular flexibility index (Phi) is 3.91. The highest BCUT2D eigenvalue weighted by Gasteiger charge is 2.11. The molecule has 0 radical (unpaired) electrons. The summed E-state index contributed by atoms with van der Waals surface area (Å²) in [5.74, 6) is 0.0560. The van der Waals surface area contributed by atoms with E-state index in [1.807, 2.05) is 0 Å². The molecule has 4 nitrogen and oxygen atoms in total. The molecule has 2 rings (SSSR count). The van der Waals surface area contributed by atoms with E-state index in [0.29, 0.717) is 16.8 Å². The summed E-state index contributed by atoms with van der Waals surface area (Å²) in [4.78, 5) is 3.71. The lowest BCUT2D eigenvalue weighted by Crippen LogP contribution is -2.29. The molecule has 0 unspecified atom stereocenters. The van der Waals surface area contributed by atoms with Gasteiger partial charge >= 0.3 is 7.12 Å². The lowest BCUT2D eigenvalue weighted by molar-refractivity contribution is 0.305. The van der Waals surface area contributed by atoms with Crippen molar-refractivity contribution in [3.8, 4) is 5.75 Å². The molecule has 0 aliphatic heterocycles. The predicted octanol–water partition coefficient (Wildman–Crippen LogP) is 0.479. The van der Waals surface area contributed by atoms with Gasteiger partial charge in [0.25, 0.3) is 0 Å². The molecule has 1 aromatic heterocycles. The van der Waals surface area contributed by atoms with E-state index >= 15 is 0 Å². The zero-order chi connectivity index (χ0) is 13.0. The molecule has 2 aromatic rings. The van der Waals surface area contributed by atoms with Crippen LogP contribution in [0.3, 0.4) is 0 Å². The standard InChI is InChI=1S/C12H11BFNO3/c14-11-4-9(6-15-7-11)8-18-12-3-1-2-10(5-12)13(16)17/h1-7,16-17H,8H2. The van der Waals surface area contributed by atoms with Gasteiger partial charge in [-0.3, -0.25) is 4.98 Å². The van der Waals surface area contributed by atoms with Crippen LogP contribution in [-0.4, -0.2) is 22.2 Å². The van der Waals surface area contributed by atoms with Crippen molar-refractivity contribution in [3.63, 3.8) is 0 Å². The third-order valence-corrected chi connectivity index (χ3v) is 2.32. The van der Waals surface area contributed by atoms with E-state index < -0.39 is 12.9 Å². The third-order valence-electron chi connectivity index (χ3n) is 2.32. The van der Waals surface area contributed by atoms with E-state index in [2.05, 4.69) is 4.98 Å². The van der Waals surface area contributed by atoms with Crippen molar-refractivity contribution in [2.75, 3.05) is 0 Å². The molecule has 2 N–H and O–H groups in total. The molecule has 0 aliphatic carbocycles. The van der Waals surface area contributed by atoms with Gasteiger partial charge in [-0.05, 0) is 23.7 Å². The second-order valence-corrected chi connectivity index (χ2v) is 3.75. The van der Waals surface area contributed by atoms with Gasteiger partial charge in [-0.2, -0.15) is 0 Å². The van der Waals surface area contributed by atoms with Crippen molar-refractivity contribution in [1.29, 1.82) is 0 Å². The molecule has 0 saturated heterocycles. The lowest BCUT2D eigenvalue weighted by Gasteiger charge is -2.07. The summed E-state index contributed by atoms with van der Waals surface area (Å²) in [5, 5.41) is 18.0. The summed E-state index contributed by atoms with van der Waals surface area (Å²) >= 11 is 0. The smallest absolute Gasteiger partial charge is 0.488 e. The first-order chi connectivity index (χ1) is 8.65. The van der Waals surface area contributed by atoms with Crippen molar-refractivity contribution in [2.24, 2.45) is 0 Å². The van der Waals surface area contributed by atoms with E-state index in [0.717, 1.165) is 6.20 Å². The number of rotatable bonds is 4. The Labute approximate surface area is 104 Å². The van der Waals surface area contributed by atoms with Crippen LogP contribution in [0.1, 0.15) is 5.56 Å². The van der Waals surface area contributed by atoms with E-state index in [1.54, 1.807) is 18.2 Å². The number of halogens is 1. The minimum absolute atomic E-state index is 0.162. The Morgan fingerprint density at radius 2 is 2.06 bits per heavy atom. The number of ether oxygens (including phenoxy) is 1. The second-order valence-electron chi connectivity index (χ2n) is 3.75. The number of aromatic nitrogens is 1. The number of benzene rings is 1. The largest absolute Gasteiger partial charge is 0.489 e. The first-order valence-corrected chi connectivity index (χ1v) is 5.33. The van der Waals surface area contributed by atoms with Crippen LogP contribution in [0.5, 0.6) is 5.75 Å². The minimum atomic E-state index is -1.54. The van der Waals surface area contributed by atoms with Gasteiger partial charge in [-0.1, -0.05) is 12.1 Å². The molecular weight excluding hydrogens is 236 g/mol. The number of hydrogen-bond donors (Lipinski definition) is 2. The summed E-state index contributed by atoms with van der Waals surface area (Å²) in [6, 6.07) is 7.74. The average molecular weight is 247 g/mol. The summed E-state index contributed by atoms with van der Waals surface area (Å²) in [7, 11) is -1.54. The van der Waals surface area contributed by atoms with E-state index in [1.165, 1.54) is 18.3 Å². The Hall–Kier alpha value is -1.92. The Morgan fingerprint density at radius 1 is 1.22 bits per heavy atom. The van der Waals surface area contributed by atoms with Crippen LogP contribution in [-0.2, 0) is 6.61 Å². The predicted molar refractivity (Wildman–Crippen MR) is 64.8 cm³/mol. The fourth-order valence-corrected chi connectivity index (χ4v) is 1.47. The SMILES string of the molecule is OB(O)c1cccc(OCc2cncc(F)c2)c1. The van der Waals surface area contributed by atoms with Crippen LogP contribution in [0.15, 0.2) is 42.7 Å². The summed E-state index contributed by atoms with van der Waals surface area (Å²) in [5.41, 5.74) is 0.940. The highest BCUT2D eigenvalue weighted by atomic mass is 19.1. The molecule has 1 aromatic carbocycles. The monoisotopic (exact) mass is 247 g/mol. The van der Waals surface area contributed by atoms with Crippen LogP contribution >= 0.6 is 0 Å². The molecule has 0 bridgehead atoms. The van der Waals surface area contributed by atoms with Crippen molar-refractivity contribution >= 4 is 12.6 Å². The molecule has 0 aliphatic rings. The first kappa shape index (κ1) is 12.5. The highest BCUT2D eigenvalue weighted by Crippen LogP contribution is 2.11. The van der Waals surface area contributed by atoms with Crippen molar-refractivity contribution in [2.45, 2.75) is 6.61 Å². The summed E-state index contributed by atoms with van der Waals surface area (Å²) < 4.78 is 18.3. The third kappa shape index (κ3) is 3.29. The van der Waals surface area contributed by atoms with Gasteiger partial charge in [-0.15, -0.1) is 0 Å². The van der Waals surface area contributed by atoms with Gasteiger partial charge in [0.15, 0.2) is 0 Å². The van der Waals surface area contributed by atoms with Gasteiger partial charge < -0.3 is 14.8 Å². The molecule has 0 amide bonds. The zero-order valence-electron chi connectivity index (χ0n) is 9.45. The number of pyridine rings is 1. The second kappa shape index (κ2) is 5.62. The fraction of sp³-hybridized carbons (Fsp3) is 0.0833.